The molecule has 142 valence electrons. The highest BCUT2D eigenvalue weighted by Crippen LogP contribution is 2.19. The largest absolute Gasteiger partial charge is 0.480 e. The molecule has 0 aliphatic heterocycles. The molecule has 25 heavy (non-hydrogen) atoms. The van der Waals surface area contributed by atoms with Gasteiger partial charge in [0.1, 0.15) is 6.04 Å². The normalized spacial score (nSPS) is 13.1. The fraction of sp³-hybridized carbons (Fsp3) is 0.688. The number of aryl methyl sites for hydroxylation is 1. The minimum Gasteiger partial charge on any atom is -0.480 e. The van der Waals surface area contributed by atoms with Crippen LogP contribution in [0.5, 0.6) is 0 Å². The van der Waals surface area contributed by atoms with Gasteiger partial charge in [-0.15, -0.1) is 0 Å². The predicted molar refractivity (Wildman–Crippen MR) is 86.5 cm³/mol. The van der Waals surface area contributed by atoms with Gasteiger partial charge < -0.3 is 15.2 Å². The summed E-state index contributed by atoms with van der Waals surface area (Å²) in [6, 6.07) is -1.11. The Hall–Kier alpha value is -2.03. The van der Waals surface area contributed by atoms with Crippen LogP contribution in [0.15, 0.2) is 0 Å². The number of hydrogen-bond donors (Lipinski definition) is 2. The van der Waals surface area contributed by atoms with Crippen LogP contribution in [0.4, 0.5) is 8.78 Å². The number of rotatable bonds is 8. The molecule has 0 saturated heterocycles. The lowest BCUT2D eigenvalue weighted by molar-refractivity contribution is -0.142. The van der Waals surface area contributed by atoms with Crippen molar-refractivity contribution >= 4 is 11.9 Å². The summed E-state index contributed by atoms with van der Waals surface area (Å²) in [5, 5.41) is 15.3. The monoisotopic (exact) mass is 361 g/mol. The summed E-state index contributed by atoms with van der Waals surface area (Å²) >= 11 is 0. The Bertz CT molecular complexity index is 624. The van der Waals surface area contributed by atoms with Gasteiger partial charge in [-0.1, -0.05) is 0 Å². The second-order valence-electron chi connectivity index (χ2n) is 6.76. The molecule has 0 aliphatic carbocycles. The summed E-state index contributed by atoms with van der Waals surface area (Å²) in [6.07, 6.45) is -0.110. The summed E-state index contributed by atoms with van der Waals surface area (Å²) in [7, 11) is 0. The van der Waals surface area contributed by atoms with E-state index >= 15 is 0 Å². The van der Waals surface area contributed by atoms with E-state index in [4.69, 9.17) is 4.74 Å². The third-order valence-electron chi connectivity index (χ3n) is 3.57. The molecule has 0 radical (unpaired) electrons. The molecule has 0 bridgehead atoms. The Balaban J connectivity index is 2.71. The van der Waals surface area contributed by atoms with E-state index < -0.39 is 30.1 Å². The van der Waals surface area contributed by atoms with E-state index in [1.807, 2.05) is 20.8 Å². The van der Waals surface area contributed by atoms with Gasteiger partial charge in [-0.3, -0.25) is 4.79 Å². The zero-order valence-corrected chi connectivity index (χ0v) is 15.1. The summed E-state index contributed by atoms with van der Waals surface area (Å²) < 4.78 is 31.6. The number of halogens is 2. The van der Waals surface area contributed by atoms with Gasteiger partial charge in [0.2, 0.25) is 5.91 Å². The topological polar surface area (TPSA) is 93.5 Å². The van der Waals surface area contributed by atoms with Crippen LogP contribution in [0.25, 0.3) is 0 Å². The first-order valence-electron chi connectivity index (χ1n) is 7.91. The predicted octanol–water partition coefficient (Wildman–Crippen LogP) is 2.21. The first kappa shape index (κ1) is 21.0. The van der Waals surface area contributed by atoms with Crippen molar-refractivity contribution in [2.24, 2.45) is 0 Å². The van der Waals surface area contributed by atoms with Gasteiger partial charge in [-0.2, -0.15) is 13.9 Å². The molecule has 0 fully saturated rings. The number of ether oxygens (including phenoxy) is 1. The molecule has 1 aromatic rings. The van der Waals surface area contributed by atoms with Gasteiger partial charge in [0.15, 0.2) is 0 Å². The van der Waals surface area contributed by atoms with Crippen LogP contribution >= 0.6 is 0 Å². The number of carboxylic acid groups (broad SMARTS) is 1. The molecule has 1 unspecified atom stereocenters. The molecule has 0 saturated carbocycles. The number of carbonyl (C=O) groups excluding carboxylic acids is 1. The Morgan fingerprint density at radius 2 is 1.92 bits per heavy atom. The fourth-order valence-corrected chi connectivity index (χ4v) is 2.29. The molecule has 0 aromatic carbocycles. The maximum atomic E-state index is 12.8. The average Bonchev–Trinajstić information content (AvgIpc) is 2.73. The van der Waals surface area contributed by atoms with E-state index in [2.05, 4.69) is 10.4 Å². The highest BCUT2D eigenvalue weighted by molar-refractivity contribution is 5.85. The molecule has 2 N–H and O–H groups in total. The van der Waals surface area contributed by atoms with Crippen LogP contribution in [0.3, 0.4) is 0 Å². The summed E-state index contributed by atoms with van der Waals surface area (Å²) in [4.78, 5) is 23.4. The van der Waals surface area contributed by atoms with Crippen molar-refractivity contribution in [3.8, 4) is 0 Å². The quantitative estimate of drug-likeness (QED) is 0.740. The lowest BCUT2D eigenvalue weighted by atomic mass is 10.1. The Kier molecular flexibility index (Phi) is 7.04. The van der Waals surface area contributed by atoms with Gasteiger partial charge in [0.05, 0.1) is 17.7 Å². The zero-order valence-electron chi connectivity index (χ0n) is 15.1. The highest BCUT2D eigenvalue weighted by Gasteiger charge is 2.24. The van der Waals surface area contributed by atoms with E-state index in [-0.39, 0.29) is 25.1 Å². The van der Waals surface area contributed by atoms with Gasteiger partial charge >= 0.3 is 12.5 Å². The smallest absolute Gasteiger partial charge is 0.333 e. The number of aromatic nitrogens is 2. The summed E-state index contributed by atoms with van der Waals surface area (Å²) in [5.41, 5.74) is 0.458. The number of nitrogens with zero attached hydrogens (tertiary/aromatic N) is 2. The van der Waals surface area contributed by atoms with Gasteiger partial charge in [0.25, 0.3) is 0 Å². The molecular weight excluding hydrogens is 336 g/mol. The summed E-state index contributed by atoms with van der Waals surface area (Å²) in [6.45, 7) is 5.87. The molecule has 0 spiro atoms. The number of alkyl halides is 2. The molecule has 1 atom stereocenters. The van der Waals surface area contributed by atoms with Crippen molar-refractivity contribution in [2.45, 2.75) is 65.7 Å². The Labute approximate surface area is 145 Å². The number of carbonyl (C=O) groups is 2. The van der Waals surface area contributed by atoms with Gasteiger partial charge in [-0.05, 0) is 34.6 Å². The van der Waals surface area contributed by atoms with Crippen LogP contribution in [0.1, 0.15) is 50.7 Å². The molecule has 1 rings (SSSR count). The van der Waals surface area contributed by atoms with Crippen LogP contribution in [-0.2, 0) is 20.7 Å². The van der Waals surface area contributed by atoms with Gasteiger partial charge in [0, 0.05) is 24.3 Å². The zero-order chi connectivity index (χ0) is 19.4. The molecule has 1 heterocycles. The SMILES string of the molecule is Cc1nn(C(F)F)c(C)c1CC(=O)NC(CCOC(C)(C)C)C(=O)O. The molecule has 1 amide bonds. The molecular formula is C16H25F2N3O4. The van der Waals surface area contributed by atoms with Crippen LogP contribution < -0.4 is 5.32 Å². The van der Waals surface area contributed by atoms with Crippen molar-refractivity contribution in [3.63, 3.8) is 0 Å². The van der Waals surface area contributed by atoms with Crippen molar-refractivity contribution in [1.82, 2.24) is 15.1 Å². The van der Waals surface area contributed by atoms with Crippen molar-refractivity contribution < 1.29 is 28.2 Å². The van der Waals surface area contributed by atoms with Crippen LogP contribution in [0.2, 0.25) is 0 Å². The van der Waals surface area contributed by atoms with Crippen LogP contribution in [0, 0.1) is 13.8 Å². The van der Waals surface area contributed by atoms with E-state index in [1.54, 1.807) is 0 Å². The standard InChI is InChI=1S/C16H25F2N3O4/c1-9-11(10(2)21(20-9)15(17)18)8-13(22)19-12(14(23)24)6-7-25-16(3,4)5/h12,15H,6-8H2,1-5H3,(H,19,22)(H,23,24). The Morgan fingerprint density at radius 1 is 1.32 bits per heavy atom. The second kappa shape index (κ2) is 8.37. The third kappa shape index (κ3) is 6.41. The van der Waals surface area contributed by atoms with E-state index in [0.29, 0.717) is 15.9 Å². The van der Waals surface area contributed by atoms with Crippen molar-refractivity contribution in [1.29, 1.82) is 0 Å². The Morgan fingerprint density at radius 3 is 2.36 bits per heavy atom. The third-order valence-corrected chi connectivity index (χ3v) is 3.57. The average molecular weight is 361 g/mol. The van der Waals surface area contributed by atoms with Gasteiger partial charge in [-0.25, -0.2) is 9.48 Å². The maximum Gasteiger partial charge on any atom is 0.333 e. The lowest BCUT2D eigenvalue weighted by Crippen LogP contribution is -2.42. The lowest BCUT2D eigenvalue weighted by Gasteiger charge is -2.21. The minimum atomic E-state index is -2.79. The van der Waals surface area contributed by atoms with E-state index in [1.165, 1.54) is 13.8 Å². The first-order chi connectivity index (χ1) is 11.4. The number of amides is 1. The minimum absolute atomic E-state index is 0.104. The molecule has 1 aromatic heterocycles. The first-order valence-corrected chi connectivity index (χ1v) is 7.91. The molecule has 0 aliphatic rings. The maximum absolute atomic E-state index is 12.8. The number of nitrogens with one attached hydrogen (secondary N) is 1. The number of hydrogen-bond acceptors (Lipinski definition) is 4. The fourth-order valence-electron chi connectivity index (χ4n) is 2.29. The van der Waals surface area contributed by atoms with Crippen molar-refractivity contribution in [3.05, 3.63) is 17.0 Å². The second-order valence-corrected chi connectivity index (χ2v) is 6.76. The number of aliphatic carboxylic acids is 1. The molecule has 9 heteroatoms. The van der Waals surface area contributed by atoms with Crippen LogP contribution in [-0.4, -0.2) is 45.0 Å². The van der Waals surface area contributed by atoms with Crippen molar-refractivity contribution in [2.75, 3.05) is 6.61 Å². The summed E-state index contributed by atoms with van der Waals surface area (Å²) in [5.74, 6) is -1.74. The highest BCUT2D eigenvalue weighted by atomic mass is 19.3. The molecule has 7 nitrogen and oxygen atoms in total. The van der Waals surface area contributed by atoms with E-state index in [9.17, 15) is 23.5 Å². The van der Waals surface area contributed by atoms with E-state index in [0.717, 1.165) is 0 Å². The number of carboxylic acids is 1.